The molecule has 0 aromatic carbocycles. The molecular formula is C18H27N7O7. The molecule has 1 fully saturated rings. The maximum absolute atomic E-state index is 12.8. The Morgan fingerprint density at radius 2 is 1.81 bits per heavy atom. The lowest BCUT2D eigenvalue weighted by molar-refractivity contribution is -0.144. The minimum Gasteiger partial charge on any atom is -0.480 e. The van der Waals surface area contributed by atoms with E-state index in [1.165, 1.54) is 12.5 Å². The number of rotatable bonds is 12. The van der Waals surface area contributed by atoms with Gasteiger partial charge in [-0.3, -0.25) is 19.2 Å². The molecule has 0 radical (unpaired) electrons. The molecule has 4 unspecified atom stereocenters. The third kappa shape index (κ3) is 7.31. The van der Waals surface area contributed by atoms with Crippen molar-refractivity contribution in [2.24, 2.45) is 5.73 Å². The number of H-pyrrole nitrogens is 1. The van der Waals surface area contributed by atoms with E-state index in [-0.39, 0.29) is 12.3 Å². The average molecular weight is 453 g/mol. The first kappa shape index (κ1) is 24.7. The summed E-state index contributed by atoms with van der Waals surface area (Å²) in [5.41, 5.74) is 5.52. The highest BCUT2D eigenvalue weighted by atomic mass is 16.4. The van der Waals surface area contributed by atoms with E-state index in [2.05, 4.69) is 25.9 Å². The summed E-state index contributed by atoms with van der Waals surface area (Å²) in [7, 11) is 0. The van der Waals surface area contributed by atoms with E-state index < -0.39 is 60.9 Å². The van der Waals surface area contributed by atoms with Gasteiger partial charge in [0.05, 0.1) is 25.4 Å². The topological polar surface area (TPSA) is 229 Å². The molecule has 1 saturated heterocycles. The van der Waals surface area contributed by atoms with Gasteiger partial charge >= 0.3 is 5.97 Å². The fourth-order valence-electron chi connectivity index (χ4n) is 3.15. The van der Waals surface area contributed by atoms with Gasteiger partial charge in [-0.05, 0) is 19.4 Å². The summed E-state index contributed by atoms with van der Waals surface area (Å²) in [6.45, 7) is -0.173. The highest BCUT2D eigenvalue weighted by molar-refractivity contribution is 5.95. The standard InChI is InChI=1S/C18H27N7O7/c19-14(27)5-12(18(31)32)24-17(30)13(7-26)25-16(29)11(4-9-6-20-8-22-9)23-15(28)10-2-1-3-21-10/h6,8,10-13,21,26H,1-5,7H2,(H2,19,27)(H,20,22)(H,23,28)(H,24,30)(H,25,29)(H,31,32). The number of nitrogens with zero attached hydrogens (tertiary/aromatic N) is 1. The number of imidazole rings is 1. The Morgan fingerprint density at radius 1 is 1.12 bits per heavy atom. The number of carboxylic acids is 1. The number of aliphatic carboxylic acids is 1. The first-order valence-corrected chi connectivity index (χ1v) is 9.95. The van der Waals surface area contributed by atoms with Crippen LogP contribution in [-0.4, -0.2) is 87.1 Å². The Bertz CT molecular complexity index is 824. The van der Waals surface area contributed by atoms with Crippen LogP contribution in [0, 0.1) is 0 Å². The monoisotopic (exact) mass is 453 g/mol. The summed E-state index contributed by atoms with van der Waals surface area (Å²) < 4.78 is 0. The molecule has 1 aromatic rings. The van der Waals surface area contributed by atoms with Crippen molar-refractivity contribution in [3.63, 3.8) is 0 Å². The molecule has 14 heteroatoms. The molecule has 1 aromatic heterocycles. The van der Waals surface area contributed by atoms with Crippen LogP contribution in [0.1, 0.15) is 25.0 Å². The Kier molecular flexibility index (Phi) is 9.09. The Labute approximate surface area is 182 Å². The number of hydrogen-bond acceptors (Lipinski definition) is 8. The van der Waals surface area contributed by atoms with Crippen molar-refractivity contribution in [2.45, 2.75) is 49.9 Å². The third-order valence-electron chi connectivity index (χ3n) is 4.82. The number of carbonyl (C=O) groups excluding carboxylic acids is 4. The van der Waals surface area contributed by atoms with Gasteiger partial charge in [0.15, 0.2) is 0 Å². The lowest BCUT2D eigenvalue weighted by Gasteiger charge is -2.24. The molecule has 0 aliphatic carbocycles. The fraction of sp³-hybridized carbons (Fsp3) is 0.556. The van der Waals surface area contributed by atoms with Crippen molar-refractivity contribution < 1.29 is 34.2 Å². The minimum absolute atomic E-state index is 0.0312. The number of aromatic nitrogens is 2. The number of amides is 4. The van der Waals surface area contributed by atoms with E-state index in [1.54, 1.807) is 0 Å². The van der Waals surface area contributed by atoms with Crippen LogP contribution in [-0.2, 0) is 30.4 Å². The summed E-state index contributed by atoms with van der Waals surface area (Å²) in [5.74, 6) is -4.65. The predicted octanol–water partition coefficient (Wildman–Crippen LogP) is -3.89. The number of nitrogens with two attached hydrogens (primary N) is 1. The SMILES string of the molecule is NC(=O)CC(NC(=O)C(CO)NC(=O)C(Cc1cnc[nH]1)NC(=O)C1CCCN1)C(=O)O. The number of hydrogen-bond donors (Lipinski definition) is 8. The van der Waals surface area contributed by atoms with Crippen molar-refractivity contribution in [2.75, 3.05) is 13.2 Å². The molecule has 14 nitrogen and oxygen atoms in total. The molecule has 2 rings (SSSR count). The summed E-state index contributed by atoms with van der Waals surface area (Å²) in [6, 6.07) is -4.70. The Balaban J connectivity index is 2.07. The molecule has 4 atom stereocenters. The minimum atomic E-state index is -1.63. The number of aromatic amines is 1. The zero-order chi connectivity index (χ0) is 23.7. The van der Waals surface area contributed by atoms with Crippen LogP contribution in [0.4, 0.5) is 0 Å². The van der Waals surface area contributed by atoms with E-state index in [9.17, 15) is 29.1 Å². The van der Waals surface area contributed by atoms with Gasteiger partial charge in [-0.25, -0.2) is 9.78 Å². The van der Waals surface area contributed by atoms with Crippen LogP contribution < -0.4 is 27.0 Å². The summed E-state index contributed by atoms with van der Waals surface area (Å²) in [4.78, 5) is 66.6. The van der Waals surface area contributed by atoms with Crippen molar-refractivity contribution in [3.8, 4) is 0 Å². The van der Waals surface area contributed by atoms with Gasteiger partial charge in [0.25, 0.3) is 0 Å². The number of carboxylic acid groups (broad SMARTS) is 1. The Morgan fingerprint density at radius 3 is 2.34 bits per heavy atom. The molecular weight excluding hydrogens is 426 g/mol. The second-order valence-electron chi connectivity index (χ2n) is 7.30. The van der Waals surface area contributed by atoms with Crippen LogP contribution in [0.5, 0.6) is 0 Å². The molecule has 9 N–H and O–H groups in total. The quantitative estimate of drug-likeness (QED) is 0.154. The van der Waals surface area contributed by atoms with Crippen LogP contribution in [0.3, 0.4) is 0 Å². The zero-order valence-corrected chi connectivity index (χ0v) is 17.2. The van der Waals surface area contributed by atoms with Crippen LogP contribution >= 0.6 is 0 Å². The van der Waals surface area contributed by atoms with Crippen molar-refractivity contribution >= 4 is 29.6 Å². The largest absolute Gasteiger partial charge is 0.480 e. The molecule has 0 bridgehead atoms. The van der Waals surface area contributed by atoms with Gasteiger partial charge in [-0.2, -0.15) is 0 Å². The van der Waals surface area contributed by atoms with Crippen LogP contribution in [0.15, 0.2) is 12.5 Å². The van der Waals surface area contributed by atoms with E-state index in [4.69, 9.17) is 10.8 Å². The van der Waals surface area contributed by atoms with Crippen LogP contribution in [0.25, 0.3) is 0 Å². The van der Waals surface area contributed by atoms with E-state index in [1.807, 2.05) is 5.32 Å². The average Bonchev–Trinajstić information content (AvgIpc) is 3.44. The van der Waals surface area contributed by atoms with E-state index >= 15 is 0 Å². The lowest BCUT2D eigenvalue weighted by Crippen LogP contribution is -2.58. The molecule has 2 heterocycles. The van der Waals surface area contributed by atoms with Gasteiger partial charge in [0.2, 0.25) is 23.6 Å². The van der Waals surface area contributed by atoms with Crippen molar-refractivity contribution in [1.82, 2.24) is 31.2 Å². The summed E-state index contributed by atoms with van der Waals surface area (Å²) in [6.07, 6.45) is 3.67. The van der Waals surface area contributed by atoms with Crippen molar-refractivity contribution in [1.29, 1.82) is 0 Å². The first-order chi connectivity index (χ1) is 15.2. The number of aliphatic hydroxyl groups excluding tert-OH is 1. The lowest BCUT2D eigenvalue weighted by atomic mass is 10.1. The maximum atomic E-state index is 12.8. The van der Waals surface area contributed by atoms with Gasteiger partial charge in [-0.15, -0.1) is 0 Å². The summed E-state index contributed by atoms with van der Waals surface area (Å²) in [5, 5.41) is 28.6. The molecule has 176 valence electrons. The van der Waals surface area contributed by atoms with Crippen LogP contribution in [0.2, 0.25) is 0 Å². The van der Waals surface area contributed by atoms with Crippen molar-refractivity contribution in [3.05, 3.63) is 18.2 Å². The number of nitrogens with one attached hydrogen (secondary N) is 5. The first-order valence-electron chi connectivity index (χ1n) is 9.95. The van der Waals surface area contributed by atoms with Gasteiger partial charge in [0, 0.05) is 18.3 Å². The van der Waals surface area contributed by atoms with Gasteiger partial charge in [0.1, 0.15) is 18.1 Å². The number of carbonyl (C=O) groups is 5. The highest BCUT2D eigenvalue weighted by Gasteiger charge is 2.32. The molecule has 0 spiro atoms. The third-order valence-corrected chi connectivity index (χ3v) is 4.82. The molecule has 32 heavy (non-hydrogen) atoms. The zero-order valence-electron chi connectivity index (χ0n) is 17.2. The normalized spacial score (nSPS) is 18.2. The smallest absolute Gasteiger partial charge is 0.326 e. The second-order valence-corrected chi connectivity index (χ2v) is 7.30. The second kappa shape index (κ2) is 11.8. The molecule has 0 saturated carbocycles. The molecule has 1 aliphatic rings. The van der Waals surface area contributed by atoms with Gasteiger partial charge in [-0.1, -0.05) is 0 Å². The fourth-order valence-corrected chi connectivity index (χ4v) is 3.15. The number of aliphatic hydroxyl groups is 1. The number of primary amides is 1. The predicted molar refractivity (Wildman–Crippen MR) is 108 cm³/mol. The molecule has 4 amide bonds. The highest BCUT2D eigenvalue weighted by Crippen LogP contribution is 2.07. The summed E-state index contributed by atoms with van der Waals surface area (Å²) >= 11 is 0. The van der Waals surface area contributed by atoms with E-state index in [0.29, 0.717) is 18.7 Å². The molecule has 1 aliphatic heterocycles. The Hall–Kier alpha value is -3.52. The maximum Gasteiger partial charge on any atom is 0.326 e. The van der Waals surface area contributed by atoms with E-state index in [0.717, 1.165) is 6.42 Å². The van der Waals surface area contributed by atoms with Gasteiger partial charge < -0.3 is 42.2 Å².